The van der Waals surface area contributed by atoms with Crippen molar-refractivity contribution < 1.29 is 4.79 Å². The molecule has 1 fully saturated rings. The predicted octanol–water partition coefficient (Wildman–Crippen LogP) is 4.09. The summed E-state index contributed by atoms with van der Waals surface area (Å²) in [5.41, 5.74) is 1.97. The highest BCUT2D eigenvalue weighted by Gasteiger charge is 2.28. The largest absolute Gasteiger partial charge is 0.352 e. The van der Waals surface area contributed by atoms with Crippen molar-refractivity contribution in [3.63, 3.8) is 0 Å². The van der Waals surface area contributed by atoms with Gasteiger partial charge in [-0.25, -0.2) is 4.98 Å². The summed E-state index contributed by atoms with van der Waals surface area (Å²) >= 11 is 3.01. The summed E-state index contributed by atoms with van der Waals surface area (Å²) in [6, 6.07) is 9.95. The number of thiophene rings is 1. The number of amides is 1. The van der Waals surface area contributed by atoms with Gasteiger partial charge in [0.1, 0.15) is 4.83 Å². The van der Waals surface area contributed by atoms with Gasteiger partial charge in [-0.2, -0.15) is 0 Å². The van der Waals surface area contributed by atoms with Crippen LogP contribution in [0.5, 0.6) is 0 Å². The molecule has 0 radical (unpaired) electrons. The molecule has 2 aliphatic rings. The third-order valence-corrected chi connectivity index (χ3v) is 7.79. The SMILES string of the molecule is C[C@H](Sc1nc2sc3c(c2c(=O)n1-c1ccccc1)CCCC3)C(=O)NC1CC1. The Hall–Kier alpha value is -2.12. The quantitative estimate of drug-likeness (QED) is 0.494. The van der Waals surface area contributed by atoms with Crippen LogP contribution in [-0.2, 0) is 17.6 Å². The van der Waals surface area contributed by atoms with Crippen molar-refractivity contribution >= 4 is 39.2 Å². The molecule has 0 saturated heterocycles. The number of fused-ring (bicyclic) bond motifs is 3. The van der Waals surface area contributed by atoms with Crippen LogP contribution >= 0.6 is 23.1 Å². The number of aromatic nitrogens is 2. The molecule has 1 aromatic carbocycles. The van der Waals surface area contributed by atoms with Crippen LogP contribution in [0.3, 0.4) is 0 Å². The number of aryl methyl sites for hydroxylation is 2. The van der Waals surface area contributed by atoms with E-state index in [0.717, 1.165) is 48.0 Å². The van der Waals surface area contributed by atoms with Crippen molar-refractivity contribution in [1.29, 1.82) is 0 Å². The van der Waals surface area contributed by atoms with Crippen LogP contribution in [0.1, 0.15) is 43.0 Å². The Balaban J connectivity index is 1.63. The Morgan fingerprint density at radius 2 is 2.00 bits per heavy atom. The molecule has 1 amide bonds. The maximum atomic E-state index is 13.6. The normalized spacial score (nSPS) is 17.1. The summed E-state index contributed by atoms with van der Waals surface area (Å²) in [6.45, 7) is 1.88. The summed E-state index contributed by atoms with van der Waals surface area (Å²) in [6.07, 6.45) is 6.40. The lowest BCUT2D eigenvalue weighted by Crippen LogP contribution is -2.33. The number of thioether (sulfide) groups is 1. The lowest BCUT2D eigenvalue weighted by Gasteiger charge is -2.16. The summed E-state index contributed by atoms with van der Waals surface area (Å²) in [7, 11) is 0. The molecule has 0 spiro atoms. The summed E-state index contributed by atoms with van der Waals surface area (Å²) < 4.78 is 1.69. The van der Waals surface area contributed by atoms with E-state index >= 15 is 0 Å². The first-order valence-corrected chi connectivity index (χ1v) is 11.9. The average Bonchev–Trinajstić information content (AvgIpc) is 3.46. The van der Waals surface area contributed by atoms with Crippen LogP contribution < -0.4 is 10.9 Å². The standard InChI is InChI=1S/C22H23N3O2S2/c1-13(19(26)23-14-11-12-14)28-22-24-20-18(16-9-5-6-10-17(16)29-20)21(27)25(22)15-7-3-2-4-8-15/h2-4,7-8,13-14H,5-6,9-12H2,1H3,(H,23,26)/t13-/m0/s1. The zero-order valence-electron chi connectivity index (χ0n) is 16.3. The molecular weight excluding hydrogens is 402 g/mol. The van der Waals surface area contributed by atoms with Gasteiger partial charge in [-0.15, -0.1) is 11.3 Å². The molecule has 2 aliphatic carbocycles. The number of hydrogen-bond acceptors (Lipinski definition) is 5. The van der Waals surface area contributed by atoms with E-state index in [1.165, 1.54) is 28.6 Å². The second-order valence-electron chi connectivity index (χ2n) is 7.80. The first kappa shape index (κ1) is 18.9. The summed E-state index contributed by atoms with van der Waals surface area (Å²) in [5, 5.41) is 4.10. The molecule has 3 aromatic rings. The van der Waals surface area contributed by atoms with Crippen LogP contribution in [0.2, 0.25) is 0 Å². The molecule has 5 rings (SSSR count). The fraction of sp³-hybridized carbons (Fsp3) is 0.409. The molecule has 0 bridgehead atoms. The molecule has 1 saturated carbocycles. The van der Waals surface area contributed by atoms with Gasteiger partial charge < -0.3 is 5.32 Å². The van der Waals surface area contributed by atoms with E-state index in [1.807, 2.05) is 37.3 Å². The van der Waals surface area contributed by atoms with Crippen molar-refractivity contribution in [3.05, 3.63) is 51.1 Å². The Morgan fingerprint density at radius 3 is 2.76 bits per heavy atom. The van der Waals surface area contributed by atoms with Gasteiger partial charge >= 0.3 is 0 Å². The number of nitrogens with one attached hydrogen (secondary N) is 1. The van der Waals surface area contributed by atoms with Gasteiger partial charge in [0.25, 0.3) is 5.56 Å². The van der Waals surface area contributed by atoms with E-state index in [4.69, 9.17) is 4.98 Å². The van der Waals surface area contributed by atoms with Crippen molar-refractivity contribution in [2.45, 2.75) is 61.9 Å². The third kappa shape index (κ3) is 3.62. The highest BCUT2D eigenvalue weighted by molar-refractivity contribution is 8.00. The second kappa shape index (κ2) is 7.61. The number of hydrogen-bond donors (Lipinski definition) is 1. The summed E-state index contributed by atoms with van der Waals surface area (Å²) in [4.78, 5) is 33.2. The summed E-state index contributed by atoms with van der Waals surface area (Å²) in [5.74, 6) is 0.0110. The zero-order chi connectivity index (χ0) is 20.0. The number of nitrogens with zero attached hydrogens (tertiary/aromatic N) is 2. The minimum absolute atomic E-state index is 0.0110. The maximum absolute atomic E-state index is 13.6. The first-order chi connectivity index (χ1) is 14.1. The van der Waals surface area contributed by atoms with E-state index in [2.05, 4.69) is 5.32 Å². The molecular formula is C22H23N3O2S2. The molecule has 1 atom stereocenters. The fourth-order valence-corrected chi connectivity index (χ4v) is 6.07. The van der Waals surface area contributed by atoms with E-state index in [-0.39, 0.29) is 16.7 Å². The topological polar surface area (TPSA) is 64.0 Å². The average molecular weight is 426 g/mol. The number of carbonyl (C=O) groups excluding carboxylic acids is 1. The van der Waals surface area contributed by atoms with Gasteiger partial charge in [-0.3, -0.25) is 14.2 Å². The van der Waals surface area contributed by atoms with E-state index in [9.17, 15) is 9.59 Å². The molecule has 1 N–H and O–H groups in total. The molecule has 150 valence electrons. The Bertz CT molecular complexity index is 1130. The monoisotopic (exact) mass is 425 g/mol. The van der Waals surface area contributed by atoms with Gasteiger partial charge in [0.05, 0.1) is 16.3 Å². The third-order valence-electron chi connectivity index (χ3n) is 5.55. The van der Waals surface area contributed by atoms with Gasteiger partial charge in [-0.05, 0) is 63.1 Å². The van der Waals surface area contributed by atoms with Gasteiger partial charge in [0.2, 0.25) is 5.91 Å². The molecule has 2 heterocycles. The van der Waals surface area contributed by atoms with Crippen LogP contribution in [0.25, 0.3) is 15.9 Å². The van der Waals surface area contributed by atoms with E-state index in [1.54, 1.807) is 15.9 Å². The predicted molar refractivity (Wildman–Crippen MR) is 118 cm³/mol. The number of benzene rings is 1. The Kier molecular flexibility index (Phi) is 4.95. The lowest BCUT2D eigenvalue weighted by atomic mass is 9.97. The van der Waals surface area contributed by atoms with Crippen molar-refractivity contribution in [1.82, 2.24) is 14.9 Å². The highest BCUT2D eigenvalue weighted by atomic mass is 32.2. The van der Waals surface area contributed by atoms with Gasteiger partial charge in [0, 0.05) is 10.9 Å². The lowest BCUT2D eigenvalue weighted by molar-refractivity contribution is -0.120. The second-order valence-corrected chi connectivity index (χ2v) is 10.2. The minimum Gasteiger partial charge on any atom is -0.352 e. The van der Waals surface area contributed by atoms with E-state index in [0.29, 0.717) is 11.2 Å². The number of rotatable bonds is 5. The Morgan fingerprint density at radius 1 is 1.24 bits per heavy atom. The van der Waals surface area contributed by atoms with Crippen molar-refractivity contribution in [2.24, 2.45) is 0 Å². The first-order valence-electron chi connectivity index (χ1n) is 10.2. The highest BCUT2D eigenvalue weighted by Crippen LogP contribution is 2.36. The van der Waals surface area contributed by atoms with Crippen LogP contribution in [0.15, 0.2) is 40.3 Å². The molecule has 29 heavy (non-hydrogen) atoms. The number of carbonyl (C=O) groups is 1. The fourth-order valence-electron chi connectivity index (χ4n) is 3.83. The van der Waals surface area contributed by atoms with Crippen LogP contribution in [-0.4, -0.2) is 26.8 Å². The number of para-hydroxylation sites is 1. The van der Waals surface area contributed by atoms with Crippen molar-refractivity contribution in [2.75, 3.05) is 0 Å². The van der Waals surface area contributed by atoms with E-state index < -0.39 is 0 Å². The van der Waals surface area contributed by atoms with Crippen molar-refractivity contribution in [3.8, 4) is 5.69 Å². The van der Waals surface area contributed by atoms with Crippen LogP contribution in [0, 0.1) is 0 Å². The zero-order valence-corrected chi connectivity index (χ0v) is 17.9. The molecule has 0 aliphatic heterocycles. The van der Waals surface area contributed by atoms with Gasteiger partial charge in [0.15, 0.2) is 5.16 Å². The van der Waals surface area contributed by atoms with Crippen LogP contribution in [0.4, 0.5) is 0 Å². The smallest absolute Gasteiger partial charge is 0.267 e. The minimum atomic E-state index is -0.315. The Labute approximate surface area is 177 Å². The molecule has 0 unspecified atom stereocenters. The molecule has 5 nitrogen and oxygen atoms in total. The molecule has 2 aromatic heterocycles. The maximum Gasteiger partial charge on any atom is 0.267 e. The molecule has 7 heteroatoms. The van der Waals surface area contributed by atoms with Gasteiger partial charge in [-0.1, -0.05) is 30.0 Å².